The quantitative estimate of drug-likeness (QED) is 0.894. The number of aryl methyl sites for hydroxylation is 2. The second-order valence-electron chi connectivity index (χ2n) is 4.42. The van der Waals surface area contributed by atoms with E-state index in [4.69, 9.17) is 4.74 Å². The first-order chi connectivity index (χ1) is 8.67. The van der Waals surface area contributed by atoms with Gasteiger partial charge in [-0.05, 0) is 50.2 Å². The van der Waals surface area contributed by atoms with Crippen molar-refractivity contribution in [3.8, 4) is 11.6 Å². The molecule has 0 saturated heterocycles. The lowest BCUT2D eigenvalue weighted by Crippen LogP contribution is -2.06. The highest BCUT2D eigenvalue weighted by molar-refractivity contribution is 5.35. The number of pyridine rings is 1. The highest BCUT2D eigenvalue weighted by atomic mass is 16.5. The molecule has 1 aromatic heterocycles. The molecule has 0 atom stereocenters. The smallest absolute Gasteiger partial charge is 0.219 e. The molecule has 1 aromatic carbocycles. The molecule has 0 fully saturated rings. The zero-order valence-corrected chi connectivity index (χ0v) is 11.0. The summed E-state index contributed by atoms with van der Waals surface area (Å²) in [6, 6.07) is 12.0. The van der Waals surface area contributed by atoms with E-state index < -0.39 is 0 Å². The third-order valence-corrected chi connectivity index (χ3v) is 2.56. The Morgan fingerprint density at radius 2 is 1.83 bits per heavy atom. The summed E-state index contributed by atoms with van der Waals surface area (Å²) < 4.78 is 5.79. The van der Waals surface area contributed by atoms with Crippen LogP contribution in [0.4, 0.5) is 0 Å². The zero-order chi connectivity index (χ0) is 13.0. The summed E-state index contributed by atoms with van der Waals surface area (Å²) in [7, 11) is 1.90. The molecule has 0 aliphatic rings. The highest BCUT2D eigenvalue weighted by Gasteiger charge is 2.01. The Labute approximate surface area is 108 Å². The predicted molar refractivity (Wildman–Crippen MR) is 73.0 cm³/mol. The van der Waals surface area contributed by atoms with Crippen LogP contribution in [0.15, 0.2) is 36.4 Å². The van der Waals surface area contributed by atoms with Gasteiger partial charge in [-0.3, -0.25) is 0 Å². The van der Waals surface area contributed by atoms with Crippen molar-refractivity contribution in [3.63, 3.8) is 0 Å². The molecule has 18 heavy (non-hydrogen) atoms. The van der Waals surface area contributed by atoms with Gasteiger partial charge in [-0.2, -0.15) is 0 Å². The lowest BCUT2D eigenvalue weighted by molar-refractivity contribution is 0.459. The molecule has 0 aliphatic heterocycles. The van der Waals surface area contributed by atoms with Crippen molar-refractivity contribution < 1.29 is 4.74 Å². The SMILES string of the molecule is CNCc1cccc(Oc2cc(C)cc(C)c2)n1. The maximum absolute atomic E-state index is 5.79. The fourth-order valence-corrected chi connectivity index (χ4v) is 1.91. The van der Waals surface area contributed by atoms with E-state index in [1.165, 1.54) is 11.1 Å². The zero-order valence-electron chi connectivity index (χ0n) is 11.0. The molecule has 0 radical (unpaired) electrons. The molecule has 2 rings (SSSR count). The average molecular weight is 242 g/mol. The average Bonchev–Trinajstić information content (AvgIpc) is 2.28. The maximum Gasteiger partial charge on any atom is 0.219 e. The molecule has 1 heterocycles. The van der Waals surface area contributed by atoms with Crippen molar-refractivity contribution in [1.29, 1.82) is 0 Å². The summed E-state index contributed by atoms with van der Waals surface area (Å²) in [4.78, 5) is 4.43. The number of nitrogens with zero attached hydrogens (tertiary/aromatic N) is 1. The number of ether oxygens (including phenoxy) is 1. The molecule has 1 N–H and O–H groups in total. The van der Waals surface area contributed by atoms with E-state index in [2.05, 4.69) is 30.2 Å². The molecule has 0 spiro atoms. The van der Waals surface area contributed by atoms with Crippen molar-refractivity contribution in [2.24, 2.45) is 0 Å². The van der Waals surface area contributed by atoms with Crippen LogP contribution in [0.1, 0.15) is 16.8 Å². The molecular weight excluding hydrogens is 224 g/mol. The molecule has 3 nitrogen and oxygen atoms in total. The minimum Gasteiger partial charge on any atom is -0.439 e. The number of nitrogens with one attached hydrogen (secondary N) is 1. The van der Waals surface area contributed by atoms with Crippen molar-refractivity contribution >= 4 is 0 Å². The highest BCUT2D eigenvalue weighted by Crippen LogP contribution is 2.22. The summed E-state index contributed by atoms with van der Waals surface area (Å²) in [6.07, 6.45) is 0. The van der Waals surface area contributed by atoms with Gasteiger partial charge in [0.05, 0.1) is 5.69 Å². The Morgan fingerprint density at radius 1 is 1.11 bits per heavy atom. The summed E-state index contributed by atoms with van der Waals surface area (Å²) in [6.45, 7) is 4.86. The molecule has 94 valence electrons. The lowest BCUT2D eigenvalue weighted by Gasteiger charge is -2.08. The molecular formula is C15H18N2O. The van der Waals surface area contributed by atoms with Crippen LogP contribution in [0.25, 0.3) is 0 Å². The second kappa shape index (κ2) is 5.65. The maximum atomic E-state index is 5.79. The van der Waals surface area contributed by atoms with E-state index in [9.17, 15) is 0 Å². The van der Waals surface area contributed by atoms with Crippen molar-refractivity contribution in [3.05, 3.63) is 53.2 Å². The van der Waals surface area contributed by atoms with Crippen LogP contribution in [0, 0.1) is 13.8 Å². The van der Waals surface area contributed by atoms with E-state index in [1.807, 2.05) is 37.4 Å². The standard InChI is InChI=1S/C15H18N2O/c1-11-7-12(2)9-14(8-11)18-15-6-4-5-13(17-15)10-16-3/h4-9,16H,10H2,1-3H3. The first kappa shape index (κ1) is 12.6. The van der Waals surface area contributed by atoms with Gasteiger partial charge in [0, 0.05) is 12.6 Å². The number of hydrogen-bond donors (Lipinski definition) is 1. The molecule has 0 unspecified atom stereocenters. The van der Waals surface area contributed by atoms with E-state index >= 15 is 0 Å². The van der Waals surface area contributed by atoms with E-state index in [1.54, 1.807) is 0 Å². The Morgan fingerprint density at radius 3 is 2.50 bits per heavy atom. The topological polar surface area (TPSA) is 34.1 Å². The predicted octanol–water partition coefficient (Wildman–Crippen LogP) is 3.21. The summed E-state index contributed by atoms with van der Waals surface area (Å²) in [5.74, 6) is 1.47. The van der Waals surface area contributed by atoms with Gasteiger partial charge in [0.15, 0.2) is 0 Å². The van der Waals surface area contributed by atoms with Gasteiger partial charge < -0.3 is 10.1 Å². The molecule has 3 heteroatoms. The molecule has 0 amide bonds. The van der Waals surface area contributed by atoms with Crippen LogP contribution in [0.3, 0.4) is 0 Å². The van der Waals surface area contributed by atoms with Crippen molar-refractivity contribution in [2.45, 2.75) is 20.4 Å². The second-order valence-corrected chi connectivity index (χ2v) is 4.42. The van der Waals surface area contributed by atoms with Crippen LogP contribution in [-0.4, -0.2) is 12.0 Å². The minimum atomic E-state index is 0.632. The van der Waals surface area contributed by atoms with Gasteiger partial charge in [0.1, 0.15) is 5.75 Å². The van der Waals surface area contributed by atoms with Crippen LogP contribution in [-0.2, 0) is 6.54 Å². The van der Waals surface area contributed by atoms with Crippen LogP contribution in [0.5, 0.6) is 11.6 Å². The van der Waals surface area contributed by atoms with Gasteiger partial charge in [-0.1, -0.05) is 12.1 Å². The third-order valence-electron chi connectivity index (χ3n) is 2.56. The van der Waals surface area contributed by atoms with Gasteiger partial charge in [-0.15, -0.1) is 0 Å². The van der Waals surface area contributed by atoms with Crippen molar-refractivity contribution in [1.82, 2.24) is 10.3 Å². The number of aromatic nitrogens is 1. The Balaban J connectivity index is 2.20. The molecule has 0 saturated carbocycles. The van der Waals surface area contributed by atoms with Gasteiger partial charge >= 0.3 is 0 Å². The van der Waals surface area contributed by atoms with Gasteiger partial charge in [0.2, 0.25) is 5.88 Å². The first-order valence-corrected chi connectivity index (χ1v) is 6.04. The summed E-state index contributed by atoms with van der Waals surface area (Å²) in [5.41, 5.74) is 3.35. The van der Waals surface area contributed by atoms with E-state index in [0.29, 0.717) is 5.88 Å². The molecule has 0 aliphatic carbocycles. The lowest BCUT2D eigenvalue weighted by atomic mass is 10.1. The number of hydrogen-bond acceptors (Lipinski definition) is 3. The number of benzene rings is 1. The van der Waals surface area contributed by atoms with Gasteiger partial charge in [-0.25, -0.2) is 4.98 Å². The van der Waals surface area contributed by atoms with E-state index in [0.717, 1.165) is 18.0 Å². The Hall–Kier alpha value is -1.87. The Bertz CT molecular complexity index is 518. The number of rotatable bonds is 4. The third kappa shape index (κ3) is 3.31. The van der Waals surface area contributed by atoms with Crippen LogP contribution < -0.4 is 10.1 Å². The first-order valence-electron chi connectivity index (χ1n) is 6.04. The fraction of sp³-hybridized carbons (Fsp3) is 0.267. The summed E-state index contributed by atoms with van der Waals surface area (Å²) in [5, 5.41) is 3.08. The minimum absolute atomic E-state index is 0.632. The Kier molecular flexibility index (Phi) is 3.95. The monoisotopic (exact) mass is 242 g/mol. The van der Waals surface area contributed by atoms with Gasteiger partial charge in [0.25, 0.3) is 0 Å². The van der Waals surface area contributed by atoms with E-state index in [-0.39, 0.29) is 0 Å². The summed E-state index contributed by atoms with van der Waals surface area (Å²) >= 11 is 0. The normalized spacial score (nSPS) is 10.4. The molecule has 2 aromatic rings. The fourth-order valence-electron chi connectivity index (χ4n) is 1.91. The van der Waals surface area contributed by atoms with Crippen LogP contribution in [0.2, 0.25) is 0 Å². The largest absolute Gasteiger partial charge is 0.439 e. The van der Waals surface area contributed by atoms with Crippen molar-refractivity contribution in [2.75, 3.05) is 7.05 Å². The van der Waals surface area contributed by atoms with Crippen LogP contribution >= 0.6 is 0 Å². The molecule has 0 bridgehead atoms.